The third kappa shape index (κ3) is 4.02. The number of fused-ring (bicyclic) bond motifs is 3. The summed E-state index contributed by atoms with van der Waals surface area (Å²) >= 11 is 3.82. The van der Waals surface area contributed by atoms with E-state index in [1.54, 1.807) is 0 Å². The van der Waals surface area contributed by atoms with Gasteiger partial charge in [-0.3, -0.25) is 0 Å². The molecule has 0 bridgehead atoms. The predicted molar refractivity (Wildman–Crippen MR) is 163 cm³/mol. The van der Waals surface area contributed by atoms with Crippen molar-refractivity contribution >= 4 is 37.7 Å². The van der Waals surface area contributed by atoms with Gasteiger partial charge in [-0.15, -0.1) is 0 Å². The molecule has 7 aromatic rings. The van der Waals surface area contributed by atoms with Crippen molar-refractivity contribution in [2.75, 3.05) is 0 Å². The Kier molecular flexibility index (Phi) is 5.64. The number of pyridine rings is 1. The molecular formula is C35H23BrN2. The second kappa shape index (κ2) is 9.44. The quantitative estimate of drug-likeness (QED) is 0.213. The summed E-state index contributed by atoms with van der Waals surface area (Å²) in [6.45, 7) is 0. The summed E-state index contributed by atoms with van der Waals surface area (Å²) in [5.41, 5.74) is 9.89. The van der Waals surface area contributed by atoms with Crippen LogP contribution in [0.3, 0.4) is 0 Å². The number of aromatic nitrogens is 2. The van der Waals surface area contributed by atoms with Crippen molar-refractivity contribution in [2.45, 2.75) is 0 Å². The van der Waals surface area contributed by atoms with Crippen molar-refractivity contribution in [3.63, 3.8) is 0 Å². The summed E-state index contributed by atoms with van der Waals surface area (Å²) in [5, 5.41) is 2.51. The van der Waals surface area contributed by atoms with Gasteiger partial charge in [0.15, 0.2) is 0 Å². The smallest absolute Gasteiger partial charge is 0.0715 e. The molecule has 0 saturated heterocycles. The molecule has 0 N–H and O–H groups in total. The molecule has 3 heteroatoms. The van der Waals surface area contributed by atoms with E-state index in [0.29, 0.717) is 0 Å². The van der Waals surface area contributed by atoms with Crippen LogP contribution in [0.2, 0.25) is 0 Å². The molecule has 5 aromatic carbocycles. The highest BCUT2D eigenvalue weighted by Crippen LogP contribution is 2.36. The molecule has 0 radical (unpaired) electrons. The zero-order valence-corrected chi connectivity index (χ0v) is 22.1. The maximum absolute atomic E-state index is 5.06. The summed E-state index contributed by atoms with van der Waals surface area (Å²) in [6, 6.07) is 49.1. The van der Waals surface area contributed by atoms with E-state index in [2.05, 4.69) is 148 Å². The molecule has 2 nitrogen and oxygen atoms in total. The lowest BCUT2D eigenvalue weighted by atomic mass is 9.99. The van der Waals surface area contributed by atoms with Crippen LogP contribution in [0.4, 0.5) is 0 Å². The van der Waals surface area contributed by atoms with E-state index in [1.165, 1.54) is 21.8 Å². The van der Waals surface area contributed by atoms with Crippen LogP contribution in [0.5, 0.6) is 0 Å². The monoisotopic (exact) mass is 550 g/mol. The Morgan fingerprint density at radius 3 is 1.47 bits per heavy atom. The van der Waals surface area contributed by atoms with Gasteiger partial charge >= 0.3 is 0 Å². The molecule has 0 amide bonds. The minimum absolute atomic E-state index is 0.959. The van der Waals surface area contributed by atoms with Crippen LogP contribution in [0.25, 0.3) is 61.1 Å². The largest absolute Gasteiger partial charge is 0.309 e. The van der Waals surface area contributed by atoms with Gasteiger partial charge in [-0.25, -0.2) is 4.98 Å². The van der Waals surface area contributed by atoms with E-state index in [4.69, 9.17) is 4.98 Å². The van der Waals surface area contributed by atoms with Crippen LogP contribution in [0.15, 0.2) is 144 Å². The first-order chi connectivity index (χ1) is 18.7. The molecule has 0 fully saturated rings. The van der Waals surface area contributed by atoms with Gasteiger partial charge in [0.1, 0.15) is 0 Å². The molecule has 0 saturated carbocycles. The highest BCUT2D eigenvalue weighted by molar-refractivity contribution is 9.10. The normalized spacial score (nSPS) is 11.3. The molecule has 180 valence electrons. The Labute approximate surface area is 230 Å². The molecular weight excluding hydrogens is 528 g/mol. The number of rotatable bonds is 4. The Bertz CT molecular complexity index is 1810. The van der Waals surface area contributed by atoms with E-state index in [0.717, 1.165) is 43.8 Å². The van der Waals surface area contributed by atoms with Gasteiger partial charge in [0.25, 0.3) is 0 Å². The molecule has 0 aliphatic heterocycles. The fourth-order valence-corrected chi connectivity index (χ4v) is 5.76. The summed E-state index contributed by atoms with van der Waals surface area (Å²) in [4.78, 5) is 5.06. The van der Waals surface area contributed by atoms with E-state index in [-0.39, 0.29) is 0 Å². The van der Waals surface area contributed by atoms with Crippen molar-refractivity contribution in [1.82, 2.24) is 9.55 Å². The number of nitrogens with zero attached hydrogens (tertiary/aromatic N) is 2. The standard InChI is InChI=1S/C35H23BrN2/c36-28-19-26(20-29(23-28)38-34-17-9-7-15-30(34)31-16-8-10-18-35(31)38)27-21-32(24-11-3-1-4-12-24)37-33(22-27)25-13-5-2-6-14-25/h1-23H. The minimum atomic E-state index is 0.959. The molecule has 0 aliphatic rings. The van der Waals surface area contributed by atoms with Crippen LogP contribution >= 0.6 is 15.9 Å². The van der Waals surface area contributed by atoms with Gasteiger partial charge in [0, 0.05) is 32.1 Å². The molecule has 0 atom stereocenters. The summed E-state index contributed by atoms with van der Waals surface area (Å²) in [7, 11) is 0. The highest BCUT2D eigenvalue weighted by atomic mass is 79.9. The summed E-state index contributed by atoms with van der Waals surface area (Å²) in [6.07, 6.45) is 0. The topological polar surface area (TPSA) is 17.8 Å². The summed E-state index contributed by atoms with van der Waals surface area (Å²) in [5.74, 6) is 0. The maximum Gasteiger partial charge on any atom is 0.0715 e. The zero-order valence-electron chi connectivity index (χ0n) is 20.6. The number of halogens is 1. The predicted octanol–water partition coefficient (Wildman–Crippen LogP) is 9.94. The number of para-hydroxylation sites is 2. The lowest BCUT2D eigenvalue weighted by molar-refractivity contribution is 1.18. The summed E-state index contributed by atoms with van der Waals surface area (Å²) < 4.78 is 3.39. The second-order valence-corrected chi connectivity index (χ2v) is 10.3. The molecule has 0 unspecified atom stereocenters. The van der Waals surface area contributed by atoms with Gasteiger partial charge in [0.2, 0.25) is 0 Å². The van der Waals surface area contributed by atoms with E-state index < -0.39 is 0 Å². The van der Waals surface area contributed by atoms with Gasteiger partial charge in [-0.05, 0) is 53.6 Å². The van der Waals surface area contributed by atoms with Crippen LogP contribution in [0, 0.1) is 0 Å². The average molecular weight is 551 g/mol. The van der Waals surface area contributed by atoms with Crippen molar-refractivity contribution in [2.24, 2.45) is 0 Å². The van der Waals surface area contributed by atoms with Gasteiger partial charge in [-0.1, -0.05) is 113 Å². The van der Waals surface area contributed by atoms with E-state index in [9.17, 15) is 0 Å². The Morgan fingerprint density at radius 2 is 0.921 bits per heavy atom. The lowest BCUT2D eigenvalue weighted by Gasteiger charge is -2.14. The van der Waals surface area contributed by atoms with E-state index >= 15 is 0 Å². The van der Waals surface area contributed by atoms with Crippen LogP contribution in [0.1, 0.15) is 0 Å². The SMILES string of the molecule is Brc1cc(-c2cc(-c3ccccc3)nc(-c3ccccc3)c2)cc(-n2c3ccccc3c3ccccc32)c1. The first-order valence-electron chi connectivity index (χ1n) is 12.7. The van der Waals surface area contributed by atoms with Crippen LogP contribution in [-0.4, -0.2) is 9.55 Å². The minimum Gasteiger partial charge on any atom is -0.309 e. The Hall–Kier alpha value is -4.47. The van der Waals surface area contributed by atoms with Gasteiger partial charge in [-0.2, -0.15) is 0 Å². The molecule has 2 aromatic heterocycles. The first kappa shape index (κ1) is 22.7. The Morgan fingerprint density at radius 1 is 0.447 bits per heavy atom. The molecule has 2 heterocycles. The van der Waals surface area contributed by atoms with Crippen molar-refractivity contribution in [1.29, 1.82) is 0 Å². The molecule has 0 spiro atoms. The molecule has 0 aliphatic carbocycles. The van der Waals surface area contributed by atoms with Crippen molar-refractivity contribution in [3.8, 4) is 39.3 Å². The van der Waals surface area contributed by atoms with Crippen LogP contribution < -0.4 is 0 Å². The van der Waals surface area contributed by atoms with Gasteiger partial charge < -0.3 is 4.57 Å². The fraction of sp³-hybridized carbons (Fsp3) is 0. The molecule has 38 heavy (non-hydrogen) atoms. The molecule has 7 rings (SSSR count). The van der Waals surface area contributed by atoms with Crippen molar-refractivity contribution in [3.05, 3.63) is 144 Å². The highest BCUT2D eigenvalue weighted by Gasteiger charge is 2.14. The lowest BCUT2D eigenvalue weighted by Crippen LogP contribution is -1.96. The average Bonchev–Trinajstić information content (AvgIpc) is 3.32. The second-order valence-electron chi connectivity index (χ2n) is 9.43. The number of hydrogen-bond donors (Lipinski definition) is 0. The Balaban J connectivity index is 1.46. The van der Waals surface area contributed by atoms with Crippen LogP contribution in [-0.2, 0) is 0 Å². The fourth-order valence-electron chi connectivity index (χ4n) is 5.28. The maximum atomic E-state index is 5.06. The van der Waals surface area contributed by atoms with Crippen molar-refractivity contribution < 1.29 is 0 Å². The van der Waals surface area contributed by atoms with E-state index in [1.807, 2.05) is 12.1 Å². The van der Waals surface area contributed by atoms with Gasteiger partial charge in [0.05, 0.1) is 22.4 Å². The third-order valence-electron chi connectivity index (χ3n) is 7.02. The third-order valence-corrected chi connectivity index (χ3v) is 7.48. The zero-order chi connectivity index (χ0) is 25.5. The first-order valence-corrected chi connectivity index (χ1v) is 13.5. The number of hydrogen-bond acceptors (Lipinski definition) is 1. The number of benzene rings is 5.